The molecule has 3 unspecified atom stereocenters. The highest BCUT2D eigenvalue weighted by molar-refractivity contribution is 5.92. The highest BCUT2D eigenvalue weighted by Gasteiger charge is 2.70. The molecule has 6 nitrogen and oxygen atoms in total. The van der Waals surface area contributed by atoms with E-state index in [0.717, 1.165) is 19.4 Å². The molecule has 0 bridgehead atoms. The fourth-order valence-electron chi connectivity index (χ4n) is 4.07. The number of nitrogens with zero attached hydrogens (tertiary/aromatic N) is 1. The van der Waals surface area contributed by atoms with E-state index in [-0.39, 0.29) is 48.3 Å². The number of amides is 2. The van der Waals surface area contributed by atoms with Gasteiger partial charge in [0.2, 0.25) is 11.8 Å². The van der Waals surface area contributed by atoms with Crippen molar-refractivity contribution >= 4 is 24.2 Å². The van der Waals surface area contributed by atoms with Crippen molar-refractivity contribution in [2.45, 2.75) is 64.6 Å². The van der Waals surface area contributed by atoms with Gasteiger partial charge in [-0.25, -0.2) is 0 Å². The minimum absolute atomic E-state index is 0. The van der Waals surface area contributed by atoms with Crippen LogP contribution in [0, 0.1) is 11.3 Å². The third-order valence-corrected chi connectivity index (χ3v) is 5.28. The van der Waals surface area contributed by atoms with E-state index in [1.54, 1.807) is 7.05 Å². The van der Waals surface area contributed by atoms with Crippen LogP contribution in [0.25, 0.3) is 0 Å². The molecule has 1 aliphatic carbocycles. The lowest BCUT2D eigenvalue weighted by Crippen LogP contribution is -2.82. The number of carbonyl (C=O) groups excluding carboxylic acids is 2. The van der Waals surface area contributed by atoms with E-state index in [4.69, 9.17) is 10.5 Å². The highest BCUT2D eigenvalue weighted by atomic mass is 35.5. The van der Waals surface area contributed by atoms with Crippen LogP contribution in [0.1, 0.15) is 47.5 Å². The zero-order valence-electron chi connectivity index (χ0n) is 15.6. The first kappa shape index (κ1) is 21.2. The largest absolute Gasteiger partial charge is 0.377 e. The van der Waals surface area contributed by atoms with Crippen molar-refractivity contribution in [3.05, 3.63) is 0 Å². The normalized spacial score (nSPS) is 31.1. The van der Waals surface area contributed by atoms with Gasteiger partial charge < -0.3 is 20.7 Å². The van der Waals surface area contributed by atoms with Crippen molar-refractivity contribution in [2.75, 3.05) is 20.2 Å². The number of halogens is 1. The molecule has 1 heterocycles. The van der Waals surface area contributed by atoms with Gasteiger partial charge in [0.15, 0.2) is 0 Å². The molecule has 24 heavy (non-hydrogen) atoms. The van der Waals surface area contributed by atoms with Gasteiger partial charge in [0, 0.05) is 30.5 Å². The van der Waals surface area contributed by atoms with Crippen LogP contribution in [0.5, 0.6) is 0 Å². The molecule has 1 saturated carbocycles. The van der Waals surface area contributed by atoms with Gasteiger partial charge in [0.1, 0.15) is 5.54 Å². The SMILES string of the molecule is CN(CC(=O)NC(C)(C)C)C(=O)C1(N)C2CCCOC2C1(C)C.Cl. The second kappa shape index (κ2) is 6.81. The molecule has 2 rings (SSSR count). The molecule has 2 aliphatic rings. The first-order valence-corrected chi connectivity index (χ1v) is 8.38. The van der Waals surface area contributed by atoms with Crippen LogP contribution >= 0.6 is 12.4 Å². The van der Waals surface area contributed by atoms with Crippen LogP contribution in [0.4, 0.5) is 0 Å². The smallest absolute Gasteiger partial charge is 0.243 e. The maximum atomic E-state index is 13.0. The molecule has 2 amide bonds. The maximum absolute atomic E-state index is 13.0. The van der Waals surface area contributed by atoms with E-state index in [2.05, 4.69) is 5.32 Å². The number of hydrogen-bond donors (Lipinski definition) is 2. The second-order valence-corrected chi connectivity index (χ2v) is 8.59. The van der Waals surface area contributed by atoms with Crippen LogP contribution < -0.4 is 11.1 Å². The third kappa shape index (κ3) is 3.41. The minimum Gasteiger partial charge on any atom is -0.377 e. The Bertz CT molecular complexity index is 504. The van der Waals surface area contributed by atoms with Crippen LogP contribution in [0.15, 0.2) is 0 Å². The maximum Gasteiger partial charge on any atom is 0.243 e. The van der Waals surface area contributed by atoms with Gasteiger partial charge in [0.25, 0.3) is 0 Å². The number of nitrogens with one attached hydrogen (secondary N) is 1. The van der Waals surface area contributed by atoms with Crippen molar-refractivity contribution in [1.29, 1.82) is 0 Å². The quantitative estimate of drug-likeness (QED) is 0.793. The summed E-state index contributed by atoms with van der Waals surface area (Å²) < 4.78 is 5.83. The molecule has 0 radical (unpaired) electrons. The Morgan fingerprint density at radius 1 is 1.33 bits per heavy atom. The summed E-state index contributed by atoms with van der Waals surface area (Å²) >= 11 is 0. The second-order valence-electron chi connectivity index (χ2n) is 8.59. The van der Waals surface area contributed by atoms with Crippen LogP contribution in [-0.2, 0) is 14.3 Å². The molecule has 0 aromatic carbocycles. The van der Waals surface area contributed by atoms with Crippen LogP contribution in [0.2, 0.25) is 0 Å². The van der Waals surface area contributed by atoms with E-state index in [9.17, 15) is 9.59 Å². The fraction of sp³-hybridized carbons (Fsp3) is 0.882. The molecule has 0 aromatic heterocycles. The molecule has 2 fully saturated rings. The molecule has 1 saturated heterocycles. The Kier molecular flexibility index (Phi) is 6.01. The standard InChI is InChI=1S/C17H31N3O3.ClH/c1-15(2,3)19-12(21)10-20(6)14(22)17(18)11-8-7-9-23-13(11)16(17,4)5;/h11,13H,7-10,18H2,1-6H3,(H,19,21);1H. The van der Waals surface area contributed by atoms with E-state index >= 15 is 0 Å². The van der Waals surface area contributed by atoms with E-state index in [1.807, 2.05) is 34.6 Å². The molecule has 140 valence electrons. The lowest BCUT2D eigenvalue weighted by molar-refractivity contribution is -0.229. The number of carbonyl (C=O) groups is 2. The average molecular weight is 362 g/mol. The molecule has 3 atom stereocenters. The van der Waals surface area contributed by atoms with Gasteiger partial charge in [0.05, 0.1) is 12.6 Å². The van der Waals surface area contributed by atoms with Crippen molar-refractivity contribution in [1.82, 2.24) is 10.2 Å². The highest BCUT2D eigenvalue weighted by Crippen LogP contribution is 2.57. The zero-order chi connectivity index (χ0) is 17.6. The minimum atomic E-state index is -0.963. The summed E-state index contributed by atoms with van der Waals surface area (Å²) in [6.45, 7) is 10.5. The van der Waals surface area contributed by atoms with Crippen molar-refractivity contribution in [3.8, 4) is 0 Å². The van der Waals surface area contributed by atoms with Crippen molar-refractivity contribution in [3.63, 3.8) is 0 Å². The van der Waals surface area contributed by atoms with Gasteiger partial charge in [-0.2, -0.15) is 0 Å². The lowest BCUT2D eigenvalue weighted by Gasteiger charge is -2.65. The lowest BCUT2D eigenvalue weighted by atomic mass is 9.46. The summed E-state index contributed by atoms with van der Waals surface area (Å²) in [7, 11) is 1.65. The summed E-state index contributed by atoms with van der Waals surface area (Å²) in [4.78, 5) is 26.5. The zero-order valence-corrected chi connectivity index (χ0v) is 16.5. The molecule has 0 spiro atoms. The van der Waals surface area contributed by atoms with Crippen molar-refractivity contribution in [2.24, 2.45) is 17.1 Å². The number of hydrogen-bond acceptors (Lipinski definition) is 4. The summed E-state index contributed by atoms with van der Waals surface area (Å²) in [6.07, 6.45) is 1.86. The number of rotatable bonds is 3. The first-order valence-electron chi connectivity index (χ1n) is 8.38. The van der Waals surface area contributed by atoms with Gasteiger partial charge in [-0.15, -0.1) is 12.4 Å². The summed E-state index contributed by atoms with van der Waals surface area (Å²) in [5.74, 6) is -0.310. The van der Waals surface area contributed by atoms with Crippen LogP contribution in [-0.4, -0.2) is 54.1 Å². The number of nitrogens with two attached hydrogens (primary N) is 1. The topological polar surface area (TPSA) is 84.7 Å². The van der Waals surface area contributed by atoms with Gasteiger partial charge in [-0.3, -0.25) is 9.59 Å². The monoisotopic (exact) mass is 361 g/mol. The fourth-order valence-corrected chi connectivity index (χ4v) is 4.07. The Labute approximate surface area is 151 Å². The predicted octanol–water partition coefficient (Wildman–Crippen LogP) is 1.31. The molecule has 1 aliphatic heterocycles. The van der Waals surface area contributed by atoms with E-state index in [0.29, 0.717) is 0 Å². The Morgan fingerprint density at radius 2 is 1.92 bits per heavy atom. The van der Waals surface area contributed by atoms with Gasteiger partial charge in [-0.05, 0) is 33.6 Å². The molecular formula is C17H32ClN3O3. The molecular weight excluding hydrogens is 330 g/mol. The summed E-state index contributed by atoms with van der Waals surface area (Å²) in [6, 6.07) is 0. The average Bonchev–Trinajstić information content (AvgIpc) is 2.43. The molecule has 0 aromatic rings. The van der Waals surface area contributed by atoms with Crippen LogP contribution in [0.3, 0.4) is 0 Å². The first-order chi connectivity index (χ1) is 10.4. The van der Waals surface area contributed by atoms with Crippen molar-refractivity contribution < 1.29 is 14.3 Å². The molecule has 3 N–H and O–H groups in total. The van der Waals surface area contributed by atoms with E-state index < -0.39 is 11.0 Å². The number of fused-ring (bicyclic) bond motifs is 1. The number of ether oxygens (including phenoxy) is 1. The predicted molar refractivity (Wildman–Crippen MR) is 95.9 cm³/mol. The van der Waals surface area contributed by atoms with Gasteiger partial charge in [-0.1, -0.05) is 13.8 Å². The van der Waals surface area contributed by atoms with E-state index in [1.165, 1.54) is 4.90 Å². The third-order valence-electron chi connectivity index (χ3n) is 5.28. The summed E-state index contributed by atoms with van der Waals surface area (Å²) in [5.41, 5.74) is 4.87. The summed E-state index contributed by atoms with van der Waals surface area (Å²) in [5, 5.41) is 2.87. The molecule has 7 heteroatoms. The number of likely N-dealkylation sites (N-methyl/N-ethyl adjacent to an activating group) is 1. The Hall–Kier alpha value is -0.850. The Morgan fingerprint density at radius 3 is 2.46 bits per heavy atom. The Balaban J connectivity index is 0.00000288. The van der Waals surface area contributed by atoms with Gasteiger partial charge >= 0.3 is 0 Å².